The van der Waals surface area contributed by atoms with Crippen molar-refractivity contribution in [1.82, 2.24) is 9.97 Å². The van der Waals surface area contributed by atoms with Crippen LogP contribution < -0.4 is 5.73 Å². The number of benzene rings is 3. The number of nitrogens with zero attached hydrogens (tertiary/aromatic N) is 2. The largest absolute Gasteiger partial charge is 0.508 e. The molecule has 4 nitrogen and oxygen atoms in total. The Hall–Kier alpha value is -3.40. The number of phenolic OH excluding ortho intramolecular Hbond substituents is 1. The Labute approximate surface area is 139 Å². The van der Waals surface area contributed by atoms with Crippen molar-refractivity contribution in [1.29, 1.82) is 0 Å². The Morgan fingerprint density at radius 2 is 1.29 bits per heavy atom. The minimum Gasteiger partial charge on any atom is -0.508 e. The van der Waals surface area contributed by atoms with E-state index in [1.165, 1.54) is 0 Å². The van der Waals surface area contributed by atoms with Crippen LogP contribution in [0.25, 0.3) is 33.5 Å². The quantitative estimate of drug-likeness (QED) is 0.543. The number of nitrogen functional groups attached to an aromatic ring is 1. The van der Waals surface area contributed by atoms with Crippen LogP contribution in [-0.2, 0) is 0 Å². The first-order valence-electron chi connectivity index (χ1n) is 7.63. The number of aromatic nitrogens is 2. The van der Waals surface area contributed by atoms with Crippen LogP contribution in [-0.4, -0.2) is 15.1 Å². The molecule has 4 aromatic rings. The lowest BCUT2D eigenvalue weighted by Crippen LogP contribution is -1.95. The molecule has 0 saturated heterocycles. The molecule has 0 amide bonds. The van der Waals surface area contributed by atoms with Crippen molar-refractivity contribution in [2.24, 2.45) is 0 Å². The van der Waals surface area contributed by atoms with Gasteiger partial charge in [-0.2, -0.15) is 0 Å². The molecule has 3 N–H and O–H groups in total. The molecule has 0 atom stereocenters. The Kier molecular flexibility index (Phi) is 3.35. The molecule has 0 spiro atoms. The fourth-order valence-electron chi connectivity index (χ4n) is 2.68. The number of rotatable bonds is 2. The Morgan fingerprint density at radius 1 is 0.667 bits per heavy atom. The predicted octanol–water partition coefficient (Wildman–Crippen LogP) is 4.25. The first kappa shape index (κ1) is 14.2. The molecule has 1 aromatic heterocycles. The van der Waals surface area contributed by atoms with Gasteiger partial charge in [-0.3, -0.25) is 0 Å². The summed E-state index contributed by atoms with van der Waals surface area (Å²) in [6.45, 7) is 0. The topological polar surface area (TPSA) is 72.0 Å². The van der Waals surface area contributed by atoms with E-state index < -0.39 is 0 Å². The van der Waals surface area contributed by atoms with E-state index >= 15 is 0 Å². The van der Waals surface area contributed by atoms with Crippen molar-refractivity contribution in [2.45, 2.75) is 0 Å². The van der Waals surface area contributed by atoms with E-state index in [1.807, 2.05) is 54.6 Å². The Bertz CT molecular complexity index is 1010. The minimum atomic E-state index is 0.174. The molecule has 0 bridgehead atoms. The van der Waals surface area contributed by atoms with E-state index in [1.54, 1.807) is 18.2 Å². The molecular formula is C20H15N3O. The SMILES string of the molecule is Nc1ccc(-c2nc3cc(O)ccc3nc2-c2ccccc2)cc1. The third-order valence-electron chi connectivity index (χ3n) is 3.88. The minimum absolute atomic E-state index is 0.174. The number of aromatic hydroxyl groups is 1. The Morgan fingerprint density at radius 3 is 2.00 bits per heavy atom. The fourth-order valence-corrected chi connectivity index (χ4v) is 2.68. The van der Waals surface area contributed by atoms with Gasteiger partial charge in [0.2, 0.25) is 0 Å². The second kappa shape index (κ2) is 5.66. The van der Waals surface area contributed by atoms with Gasteiger partial charge in [0.15, 0.2) is 0 Å². The monoisotopic (exact) mass is 313 g/mol. The molecule has 4 rings (SSSR count). The number of phenols is 1. The van der Waals surface area contributed by atoms with E-state index in [9.17, 15) is 5.11 Å². The van der Waals surface area contributed by atoms with Crippen molar-refractivity contribution in [3.05, 3.63) is 72.8 Å². The summed E-state index contributed by atoms with van der Waals surface area (Å²) in [6.07, 6.45) is 0. The molecule has 0 aliphatic heterocycles. The third kappa shape index (κ3) is 2.54. The van der Waals surface area contributed by atoms with Gasteiger partial charge in [-0.1, -0.05) is 42.5 Å². The number of anilines is 1. The summed E-state index contributed by atoms with van der Waals surface area (Å²) in [6, 6.07) is 22.5. The second-order valence-corrected chi connectivity index (χ2v) is 5.58. The first-order chi connectivity index (χ1) is 11.7. The molecule has 3 aromatic carbocycles. The van der Waals surface area contributed by atoms with Crippen molar-refractivity contribution in [2.75, 3.05) is 5.73 Å². The van der Waals surface area contributed by atoms with Gasteiger partial charge in [-0.15, -0.1) is 0 Å². The Balaban J connectivity index is 2.02. The lowest BCUT2D eigenvalue weighted by molar-refractivity contribution is 0.476. The van der Waals surface area contributed by atoms with Gasteiger partial charge in [0.05, 0.1) is 22.4 Å². The highest BCUT2D eigenvalue weighted by molar-refractivity contribution is 5.86. The van der Waals surface area contributed by atoms with Gasteiger partial charge in [0.1, 0.15) is 5.75 Å². The summed E-state index contributed by atoms with van der Waals surface area (Å²) in [4.78, 5) is 9.53. The van der Waals surface area contributed by atoms with Crippen LogP contribution in [0.15, 0.2) is 72.8 Å². The molecule has 1 heterocycles. The van der Waals surface area contributed by atoms with Crippen LogP contribution in [0.3, 0.4) is 0 Å². The summed E-state index contributed by atoms with van der Waals surface area (Å²) >= 11 is 0. The number of hydrogen-bond acceptors (Lipinski definition) is 4. The predicted molar refractivity (Wildman–Crippen MR) is 96.5 cm³/mol. The summed E-state index contributed by atoms with van der Waals surface area (Å²) in [7, 11) is 0. The molecule has 0 aliphatic carbocycles. The molecule has 0 aliphatic rings. The highest BCUT2D eigenvalue weighted by atomic mass is 16.3. The van der Waals surface area contributed by atoms with Crippen molar-refractivity contribution in [3.63, 3.8) is 0 Å². The molecule has 116 valence electrons. The van der Waals surface area contributed by atoms with Gasteiger partial charge in [0.25, 0.3) is 0 Å². The summed E-state index contributed by atoms with van der Waals surface area (Å²) in [5, 5.41) is 9.73. The number of fused-ring (bicyclic) bond motifs is 1. The maximum atomic E-state index is 9.73. The summed E-state index contributed by atoms with van der Waals surface area (Å²) in [5.41, 5.74) is 11.4. The van der Waals surface area contributed by atoms with E-state index in [0.717, 1.165) is 28.0 Å². The third-order valence-corrected chi connectivity index (χ3v) is 3.88. The van der Waals surface area contributed by atoms with Gasteiger partial charge < -0.3 is 10.8 Å². The van der Waals surface area contributed by atoms with Gasteiger partial charge in [-0.25, -0.2) is 9.97 Å². The van der Waals surface area contributed by atoms with E-state index in [2.05, 4.69) is 0 Å². The molecule has 0 unspecified atom stereocenters. The van der Waals surface area contributed by atoms with Crippen LogP contribution in [0.1, 0.15) is 0 Å². The van der Waals surface area contributed by atoms with Crippen LogP contribution >= 0.6 is 0 Å². The first-order valence-corrected chi connectivity index (χ1v) is 7.63. The summed E-state index contributed by atoms with van der Waals surface area (Å²) < 4.78 is 0. The zero-order valence-electron chi connectivity index (χ0n) is 12.8. The second-order valence-electron chi connectivity index (χ2n) is 5.58. The van der Waals surface area contributed by atoms with Crippen LogP contribution in [0.4, 0.5) is 5.69 Å². The summed E-state index contributed by atoms with van der Waals surface area (Å²) in [5.74, 6) is 0.174. The molecule has 4 heteroatoms. The van der Waals surface area contributed by atoms with Gasteiger partial charge in [0, 0.05) is 22.9 Å². The number of nitrogens with two attached hydrogens (primary N) is 1. The lowest BCUT2D eigenvalue weighted by atomic mass is 10.0. The smallest absolute Gasteiger partial charge is 0.117 e. The molecular weight excluding hydrogens is 298 g/mol. The molecule has 0 radical (unpaired) electrons. The standard InChI is InChI=1S/C20H15N3O/c21-15-8-6-14(7-9-15)20-19(13-4-2-1-3-5-13)22-17-11-10-16(24)12-18(17)23-20/h1-12,24H,21H2. The lowest BCUT2D eigenvalue weighted by Gasteiger charge is -2.11. The molecule has 0 fully saturated rings. The van der Waals surface area contributed by atoms with Crippen LogP contribution in [0.5, 0.6) is 5.75 Å². The zero-order chi connectivity index (χ0) is 16.5. The van der Waals surface area contributed by atoms with E-state index in [0.29, 0.717) is 11.2 Å². The maximum absolute atomic E-state index is 9.73. The van der Waals surface area contributed by atoms with E-state index in [-0.39, 0.29) is 5.75 Å². The van der Waals surface area contributed by atoms with Crippen molar-refractivity contribution in [3.8, 4) is 28.3 Å². The number of hydrogen-bond donors (Lipinski definition) is 2. The molecule has 0 saturated carbocycles. The van der Waals surface area contributed by atoms with Crippen LogP contribution in [0, 0.1) is 0 Å². The van der Waals surface area contributed by atoms with Gasteiger partial charge in [-0.05, 0) is 24.3 Å². The average molecular weight is 313 g/mol. The fraction of sp³-hybridized carbons (Fsp3) is 0. The normalized spacial score (nSPS) is 10.8. The average Bonchev–Trinajstić information content (AvgIpc) is 2.62. The van der Waals surface area contributed by atoms with Crippen molar-refractivity contribution < 1.29 is 5.11 Å². The zero-order valence-corrected chi connectivity index (χ0v) is 12.8. The highest BCUT2D eigenvalue weighted by Gasteiger charge is 2.13. The highest BCUT2D eigenvalue weighted by Crippen LogP contribution is 2.32. The van der Waals surface area contributed by atoms with Gasteiger partial charge >= 0.3 is 0 Å². The van der Waals surface area contributed by atoms with Crippen molar-refractivity contribution >= 4 is 16.7 Å². The maximum Gasteiger partial charge on any atom is 0.117 e. The van der Waals surface area contributed by atoms with Crippen LogP contribution in [0.2, 0.25) is 0 Å². The van der Waals surface area contributed by atoms with E-state index in [4.69, 9.17) is 15.7 Å². The molecule has 24 heavy (non-hydrogen) atoms.